The molecule has 0 aliphatic rings. The molecule has 0 spiro atoms. The van der Waals surface area contributed by atoms with Crippen molar-refractivity contribution in [2.45, 2.75) is 53.9 Å². The van der Waals surface area contributed by atoms with E-state index in [2.05, 4.69) is 38.1 Å². The van der Waals surface area contributed by atoms with Crippen molar-refractivity contribution in [2.75, 3.05) is 0 Å². The molecule has 0 unspecified atom stereocenters. The molecule has 1 aromatic carbocycles. The fourth-order valence-corrected chi connectivity index (χ4v) is 1.65. The molecule has 0 aliphatic carbocycles. The molecule has 1 rings (SSSR count). The first-order valence-corrected chi connectivity index (χ1v) is 6.60. The van der Waals surface area contributed by atoms with Gasteiger partial charge in [0, 0.05) is 5.92 Å². The predicted octanol–water partition coefficient (Wildman–Crippen LogP) is 4.60. The zero-order valence-corrected chi connectivity index (χ0v) is 12.1. The summed E-state index contributed by atoms with van der Waals surface area (Å²) in [5.41, 5.74) is 2.47. The van der Waals surface area contributed by atoms with Crippen molar-refractivity contribution in [1.29, 1.82) is 0 Å². The average Bonchev–Trinajstić information content (AvgIpc) is 2.31. The van der Waals surface area contributed by atoms with E-state index < -0.39 is 0 Å². The van der Waals surface area contributed by atoms with Crippen molar-refractivity contribution in [3.05, 3.63) is 35.4 Å². The van der Waals surface area contributed by atoms with Gasteiger partial charge >= 0.3 is 0 Å². The van der Waals surface area contributed by atoms with Crippen LogP contribution in [-0.4, -0.2) is 5.78 Å². The van der Waals surface area contributed by atoms with Gasteiger partial charge in [-0.3, -0.25) is 4.79 Å². The van der Waals surface area contributed by atoms with Crippen LogP contribution in [-0.2, 0) is 11.2 Å². The van der Waals surface area contributed by atoms with Crippen LogP contribution in [0.5, 0.6) is 0 Å². The van der Waals surface area contributed by atoms with Crippen LogP contribution >= 0.6 is 0 Å². The van der Waals surface area contributed by atoms with E-state index in [0.29, 0.717) is 5.92 Å². The van der Waals surface area contributed by atoms with Crippen LogP contribution in [0.2, 0.25) is 0 Å². The lowest BCUT2D eigenvalue weighted by atomic mass is 9.95. The van der Waals surface area contributed by atoms with Crippen LogP contribution < -0.4 is 0 Å². The fraction of sp³-hybridized carbons (Fsp3) is 0.562. The van der Waals surface area contributed by atoms with E-state index in [1.807, 2.05) is 20.8 Å². The molecule has 0 bridgehead atoms. The summed E-state index contributed by atoms with van der Waals surface area (Å²) in [7, 11) is 0. The maximum absolute atomic E-state index is 11.2. The van der Waals surface area contributed by atoms with Gasteiger partial charge in [0.1, 0.15) is 5.78 Å². The van der Waals surface area contributed by atoms with Gasteiger partial charge in [-0.1, -0.05) is 58.9 Å². The van der Waals surface area contributed by atoms with Gasteiger partial charge in [-0.2, -0.15) is 0 Å². The van der Waals surface area contributed by atoms with E-state index >= 15 is 0 Å². The van der Waals surface area contributed by atoms with Gasteiger partial charge in [0.15, 0.2) is 0 Å². The Hall–Kier alpha value is -1.11. The minimum atomic E-state index is 0.0260. The fourth-order valence-electron chi connectivity index (χ4n) is 1.65. The van der Waals surface area contributed by atoms with Crippen molar-refractivity contribution in [3.63, 3.8) is 0 Å². The Morgan fingerprint density at radius 2 is 1.53 bits per heavy atom. The van der Waals surface area contributed by atoms with Gasteiger partial charge < -0.3 is 0 Å². The Morgan fingerprint density at radius 3 is 1.88 bits per heavy atom. The standard InChI is InChI=1S/C14H20O.C2H6/c1-10(2)9-13-5-7-14(8-6-13)11(3)12(4)15;1-2/h5-8,10-11H,9H2,1-4H3;1-2H3/t11-;/m1./s1. The molecule has 0 aliphatic heterocycles. The van der Waals surface area contributed by atoms with Gasteiger partial charge in [0.2, 0.25) is 0 Å². The molecule has 96 valence electrons. The van der Waals surface area contributed by atoms with Crippen LogP contribution in [0.1, 0.15) is 58.6 Å². The number of benzene rings is 1. The molecule has 0 fully saturated rings. The number of ketones is 1. The predicted molar refractivity (Wildman–Crippen MR) is 75.4 cm³/mol. The zero-order valence-electron chi connectivity index (χ0n) is 12.1. The first kappa shape index (κ1) is 15.9. The molecule has 0 heterocycles. The van der Waals surface area contributed by atoms with Crippen LogP contribution in [0.25, 0.3) is 0 Å². The number of rotatable bonds is 4. The van der Waals surface area contributed by atoms with Gasteiger partial charge in [-0.25, -0.2) is 0 Å². The third-order valence-electron chi connectivity index (χ3n) is 2.73. The zero-order chi connectivity index (χ0) is 13.4. The second-order valence-corrected chi connectivity index (χ2v) is 4.67. The van der Waals surface area contributed by atoms with Crippen molar-refractivity contribution in [3.8, 4) is 0 Å². The van der Waals surface area contributed by atoms with Crippen LogP contribution in [0.3, 0.4) is 0 Å². The highest BCUT2D eigenvalue weighted by Gasteiger charge is 2.09. The van der Waals surface area contributed by atoms with E-state index in [9.17, 15) is 4.79 Å². The third-order valence-corrected chi connectivity index (χ3v) is 2.73. The highest BCUT2D eigenvalue weighted by molar-refractivity contribution is 5.82. The maximum Gasteiger partial charge on any atom is 0.136 e. The summed E-state index contributed by atoms with van der Waals surface area (Å²) in [5, 5.41) is 0. The molecule has 1 nitrogen and oxygen atoms in total. The normalized spacial score (nSPS) is 11.7. The van der Waals surface area contributed by atoms with Gasteiger partial charge in [-0.05, 0) is 30.4 Å². The van der Waals surface area contributed by atoms with Crippen molar-refractivity contribution in [2.24, 2.45) is 5.92 Å². The quantitative estimate of drug-likeness (QED) is 0.744. The number of carbonyl (C=O) groups excluding carboxylic acids is 1. The first-order chi connectivity index (χ1) is 8.00. The summed E-state index contributed by atoms with van der Waals surface area (Å²) >= 11 is 0. The summed E-state index contributed by atoms with van der Waals surface area (Å²) in [5.74, 6) is 0.936. The van der Waals surface area contributed by atoms with E-state index in [1.54, 1.807) is 6.92 Å². The van der Waals surface area contributed by atoms with Gasteiger partial charge in [0.05, 0.1) is 0 Å². The number of Topliss-reactive ketones (excluding diaryl/α,β-unsaturated/α-hetero) is 1. The second kappa shape index (κ2) is 8.05. The highest BCUT2D eigenvalue weighted by atomic mass is 16.1. The summed E-state index contributed by atoms with van der Waals surface area (Å²) in [6.07, 6.45) is 1.11. The van der Waals surface area contributed by atoms with E-state index in [0.717, 1.165) is 12.0 Å². The molecule has 0 saturated carbocycles. The number of hydrogen-bond acceptors (Lipinski definition) is 1. The largest absolute Gasteiger partial charge is 0.299 e. The molecule has 0 saturated heterocycles. The Balaban J connectivity index is 0.00000121. The SMILES string of the molecule is CC.CC(=O)[C@@H](C)c1ccc(CC(C)C)cc1. The summed E-state index contributed by atoms with van der Waals surface area (Å²) in [6.45, 7) is 12.0. The third kappa shape index (κ3) is 5.67. The van der Waals surface area contributed by atoms with Crippen molar-refractivity contribution in [1.82, 2.24) is 0 Å². The molecule has 0 aromatic heterocycles. The number of carbonyl (C=O) groups is 1. The Morgan fingerprint density at radius 1 is 1.06 bits per heavy atom. The summed E-state index contributed by atoms with van der Waals surface area (Å²) in [6, 6.07) is 8.41. The molecule has 0 radical (unpaired) electrons. The highest BCUT2D eigenvalue weighted by Crippen LogP contribution is 2.17. The lowest BCUT2D eigenvalue weighted by Crippen LogP contribution is -2.04. The molecule has 0 amide bonds. The molecular weight excluding hydrogens is 208 g/mol. The molecule has 0 N–H and O–H groups in total. The van der Waals surface area contributed by atoms with Gasteiger partial charge in [0.25, 0.3) is 0 Å². The van der Waals surface area contributed by atoms with E-state index in [1.165, 1.54) is 5.56 Å². The van der Waals surface area contributed by atoms with Crippen LogP contribution in [0, 0.1) is 5.92 Å². The monoisotopic (exact) mass is 234 g/mol. The topological polar surface area (TPSA) is 17.1 Å². The molecule has 1 atom stereocenters. The average molecular weight is 234 g/mol. The molecule has 1 heteroatoms. The van der Waals surface area contributed by atoms with Crippen LogP contribution in [0.15, 0.2) is 24.3 Å². The molecule has 1 aromatic rings. The Labute approximate surface area is 106 Å². The minimum Gasteiger partial charge on any atom is -0.299 e. The lowest BCUT2D eigenvalue weighted by molar-refractivity contribution is -0.118. The minimum absolute atomic E-state index is 0.0260. The summed E-state index contributed by atoms with van der Waals surface area (Å²) < 4.78 is 0. The molecular formula is C16H26O. The maximum atomic E-state index is 11.2. The molecule has 17 heavy (non-hydrogen) atoms. The van der Waals surface area contributed by atoms with E-state index in [4.69, 9.17) is 0 Å². The summed E-state index contributed by atoms with van der Waals surface area (Å²) in [4.78, 5) is 11.2. The Kier molecular flexibility index (Phi) is 7.53. The lowest BCUT2D eigenvalue weighted by Gasteiger charge is -2.10. The van der Waals surface area contributed by atoms with Crippen molar-refractivity contribution < 1.29 is 4.79 Å². The first-order valence-electron chi connectivity index (χ1n) is 6.60. The van der Waals surface area contributed by atoms with Gasteiger partial charge in [-0.15, -0.1) is 0 Å². The smallest absolute Gasteiger partial charge is 0.136 e. The van der Waals surface area contributed by atoms with Crippen LogP contribution in [0.4, 0.5) is 0 Å². The van der Waals surface area contributed by atoms with E-state index in [-0.39, 0.29) is 11.7 Å². The Bertz CT molecular complexity index is 322. The van der Waals surface area contributed by atoms with Crippen molar-refractivity contribution >= 4 is 5.78 Å². The number of hydrogen-bond donors (Lipinski definition) is 0. The second-order valence-electron chi connectivity index (χ2n) is 4.67.